The van der Waals surface area contributed by atoms with Crippen molar-refractivity contribution in [2.24, 2.45) is 0 Å². The van der Waals surface area contributed by atoms with Gasteiger partial charge in [0.1, 0.15) is 11.3 Å². The van der Waals surface area contributed by atoms with Crippen LogP contribution in [0.15, 0.2) is 18.2 Å². The fourth-order valence-electron chi connectivity index (χ4n) is 3.23. The third-order valence-corrected chi connectivity index (χ3v) is 4.41. The smallest absolute Gasteiger partial charge is 0.337 e. The summed E-state index contributed by atoms with van der Waals surface area (Å²) in [6.45, 7) is 7.35. The number of hydrogen-bond donors (Lipinski definition) is 1. The molecule has 1 aromatic heterocycles. The van der Waals surface area contributed by atoms with E-state index in [1.807, 2.05) is 13.0 Å². The number of aromatic carboxylic acids is 1. The highest BCUT2D eigenvalue weighted by molar-refractivity contribution is 6.01. The quantitative estimate of drug-likeness (QED) is 0.938. The van der Waals surface area contributed by atoms with E-state index in [0.29, 0.717) is 11.6 Å². The Balaban J connectivity index is 1.96. The molecule has 1 unspecified atom stereocenters. The zero-order valence-electron chi connectivity index (χ0n) is 12.5. The lowest BCUT2D eigenvalue weighted by molar-refractivity contribution is 0.0699. The fourth-order valence-corrected chi connectivity index (χ4v) is 3.23. The van der Waals surface area contributed by atoms with Crippen molar-refractivity contribution in [3.63, 3.8) is 0 Å². The van der Waals surface area contributed by atoms with Crippen LogP contribution in [0.2, 0.25) is 0 Å². The average molecular weight is 287 g/mol. The Labute approximate surface area is 124 Å². The number of nitrogens with zero attached hydrogens (tertiary/aromatic N) is 3. The number of para-hydroxylation sites is 1. The van der Waals surface area contributed by atoms with Gasteiger partial charge in [0.05, 0.1) is 11.1 Å². The molecule has 1 saturated heterocycles. The monoisotopic (exact) mass is 287 g/mol. The number of hydrogen-bond acceptors (Lipinski definition) is 3. The molecule has 3 rings (SSSR count). The van der Waals surface area contributed by atoms with Crippen LogP contribution in [-0.2, 0) is 6.54 Å². The third-order valence-electron chi connectivity index (χ3n) is 4.41. The Morgan fingerprint density at radius 1 is 1.38 bits per heavy atom. The Morgan fingerprint density at radius 2 is 2.10 bits per heavy atom. The van der Waals surface area contributed by atoms with Crippen molar-refractivity contribution in [1.29, 1.82) is 0 Å². The first-order valence-corrected chi connectivity index (χ1v) is 7.51. The second kappa shape index (κ2) is 5.48. The zero-order chi connectivity index (χ0) is 15.0. The molecule has 1 aliphatic heterocycles. The molecule has 0 bridgehead atoms. The molecule has 2 heterocycles. The van der Waals surface area contributed by atoms with Crippen LogP contribution in [0.1, 0.15) is 35.9 Å². The van der Waals surface area contributed by atoms with E-state index in [4.69, 9.17) is 0 Å². The molecule has 2 aromatic rings. The van der Waals surface area contributed by atoms with Gasteiger partial charge in [0, 0.05) is 12.6 Å². The van der Waals surface area contributed by atoms with Gasteiger partial charge >= 0.3 is 5.97 Å². The number of carboxylic acids is 1. The number of aromatic nitrogens is 2. The number of aryl methyl sites for hydroxylation is 1. The maximum Gasteiger partial charge on any atom is 0.337 e. The predicted octanol–water partition coefficient (Wildman–Crippen LogP) is 2.53. The number of carboxylic acid groups (broad SMARTS) is 1. The maximum absolute atomic E-state index is 11.3. The van der Waals surface area contributed by atoms with E-state index in [9.17, 15) is 9.90 Å². The number of imidazole rings is 1. The fraction of sp³-hybridized carbons (Fsp3) is 0.500. The molecular weight excluding hydrogens is 266 g/mol. The van der Waals surface area contributed by atoms with Gasteiger partial charge < -0.3 is 9.67 Å². The lowest BCUT2D eigenvalue weighted by Gasteiger charge is -2.24. The number of rotatable bonds is 4. The molecule has 0 spiro atoms. The van der Waals surface area contributed by atoms with E-state index in [-0.39, 0.29) is 5.56 Å². The standard InChI is InChI=1S/C16H21N3O2/c1-11(18-8-3-4-9-18)10-19-12(2)17-15-13(16(20)21)6-5-7-14(15)19/h5-7,11H,3-4,8-10H2,1-2H3,(H,20,21). The number of likely N-dealkylation sites (tertiary alicyclic amines) is 1. The molecule has 1 N–H and O–H groups in total. The first-order chi connectivity index (χ1) is 10.1. The Hall–Kier alpha value is -1.88. The molecule has 0 radical (unpaired) electrons. The molecule has 21 heavy (non-hydrogen) atoms. The van der Waals surface area contributed by atoms with Crippen LogP contribution in [0.4, 0.5) is 0 Å². The second-order valence-electron chi connectivity index (χ2n) is 5.84. The lowest BCUT2D eigenvalue weighted by Crippen LogP contribution is -2.33. The lowest BCUT2D eigenvalue weighted by atomic mass is 10.2. The van der Waals surface area contributed by atoms with Gasteiger partial charge in [-0.15, -0.1) is 0 Å². The molecule has 1 aromatic carbocycles. The van der Waals surface area contributed by atoms with Crippen LogP contribution in [0.3, 0.4) is 0 Å². The highest BCUT2D eigenvalue weighted by Crippen LogP contribution is 2.22. The van der Waals surface area contributed by atoms with Crippen molar-refractivity contribution in [2.75, 3.05) is 13.1 Å². The van der Waals surface area contributed by atoms with Gasteiger partial charge in [-0.3, -0.25) is 4.90 Å². The first kappa shape index (κ1) is 14.1. The van der Waals surface area contributed by atoms with Gasteiger partial charge in [-0.25, -0.2) is 9.78 Å². The largest absolute Gasteiger partial charge is 0.478 e. The van der Waals surface area contributed by atoms with Gasteiger partial charge in [-0.2, -0.15) is 0 Å². The van der Waals surface area contributed by atoms with E-state index >= 15 is 0 Å². The number of fused-ring (bicyclic) bond motifs is 1. The normalized spacial score (nSPS) is 17.4. The van der Waals surface area contributed by atoms with Crippen LogP contribution in [0.25, 0.3) is 11.0 Å². The van der Waals surface area contributed by atoms with Gasteiger partial charge in [-0.1, -0.05) is 6.07 Å². The summed E-state index contributed by atoms with van der Waals surface area (Å²) >= 11 is 0. The van der Waals surface area contributed by atoms with Crippen molar-refractivity contribution < 1.29 is 9.90 Å². The molecule has 0 amide bonds. The van der Waals surface area contributed by atoms with Crippen LogP contribution in [0.5, 0.6) is 0 Å². The summed E-state index contributed by atoms with van der Waals surface area (Å²) in [5, 5.41) is 9.28. The topological polar surface area (TPSA) is 58.4 Å². The van der Waals surface area contributed by atoms with E-state index in [1.54, 1.807) is 12.1 Å². The van der Waals surface area contributed by atoms with Gasteiger partial charge in [-0.05, 0) is 51.9 Å². The molecule has 0 aliphatic carbocycles. The first-order valence-electron chi connectivity index (χ1n) is 7.51. The van der Waals surface area contributed by atoms with E-state index in [1.165, 1.54) is 12.8 Å². The van der Waals surface area contributed by atoms with Crippen LogP contribution < -0.4 is 0 Å². The molecular formula is C16H21N3O2. The van der Waals surface area contributed by atoms with Crippen molar-refractivity contribution in [2.45, 2.75) is 39.3 Å². The highest BCUT2D eigenvalue weighted by Gasteiger charge is 2.21. The van der Waals surface area contributed by atoms with Crippen LogP contribution in [0, 0.1) is 6.92 Å². The summed E-state index contributed by atoms with van der Waals surface area (Å²) in [5.74, 6) is -0.0393. The van der Waals surface area contributed by atoms with Crippen LogP contribution in [-0.4, -0.2) is 44.7 Å². The van der Waals surface area contributed by atoms with E-state index < -0.39 is 5.97 Å². The maximum atomic E-state index is 11.3. The minimum absolute atomic E-state index is 0.281. The van der Waals surface area contributed by atoms with Crippen LogP contribution >= 0.6 is 0 Å². The van der Waals surface area contributed by atoms with E-state index in [0.717, 1.165) is 31.0 Å². The summed E-state index contributed by atoms with van der Waals surface area (Å²) in [6, 6.07) is 5.81. The average Bonchev–Trinajstić information content (AvgIpc) is 3.07. The van der Waals surface area contributed by atoms with Crippen molar-refractivity contribution in [3.05, 3.63) is 29.6 Å². The van der Waals surface area contributed by atoms with Gasteiger partial charge in [0.15, 0.2) is 0 Å². The van der Waals surface area contributed by atoms with Crippen molar-refractivity contribution in [3.8, 4) is 0 Å². The predicted molar refractivity (Wildman–Crippen MR) is 81.7 cm³/mol. The molecule has 1 atom stereocenters. The summed E-state index contributed by atoms with van der Waals surface area (Å²) in [7, 11) is 0. The molecule has 112 valence electrons. The Bertz CT molecular complexity index is 671. The minimum atomic E-state index is -0.919. The number of benzene rings is 1. The zero-order valence-corrected chi connectivity index (χ0v) is 12.5. The molecule has 5 heteroatoms. The molecule has 1 aliphatic rings. The Morgan fingerprint density at radius 3 is 2.76 bits per heavy atom. The SMILES string of the molecule is Cc1nc2c(C(=O)O)cccc2n1CC(C)N1CCCC1. The Kier molecular flexibility index (Phi) is 3.68. The van der Waals surface area contributed by atoms with Gasteiger partial charge in [0.2, 0.25) is 0 Å². The summed E-state index contributed by atoms with van der Waals surface area (Å²) in [6.07, 6.45) is 2.55. The van der Waals surface area contributed by atoms with E-state index in [2.05, 4.69) is 21.4 Å². The molecule has 0 saturated carbocycles. The van der Waals surface area contributed by atoms with Gasteiger partial charge in [0.25, 0.3) is 0 Å². The summed E-state index contributed by atoms with van der Waals surface area (Å²) in [5.41, 5.74) is 1.79. The highest BCUT2D eigenvalue weighted by atomic mass is 16.4. The molecule has 1 fully saturated rings. The minimum Gasteiger partial charge on any atom is -0.478 e. The van der Waals surface area contributed by atoms with Crippen molar-refractivity contribution in [1.82, 2.24) is 14.5 Å². The summed E-state index contributed by atoms with van der Waals surface area (Å²) < 4.78 is 2.14. The second-order valence-corrected chi connectivity index (χ2v) is 5.84. The number of carbonyl (C=O) groups is 1. The summed E-state index contributed by atoms with van der Waals surface area (Å²) in [4.78, 5) is 18.3. The van der Waals surface area contributed by atoms with Crippen molar-refractivity contribution >= 4 is 17.0 Å². The third kappa shape index (κ3) is 2.53. The molecule has 5 nitrogen and oxygen atoms in total.